The first-order valence-electron chi connectivity index (χ1n) is 11.0. The number of piperidine rings is 1. The van der Waals surface area contributed by atoms with E-state index in [1.807, 2.05) is 30.3 Å². The molecule has 1 saturated heterocycles. The molecule has 0 bridgehead atoms. The molecule has 5 rings (SSSR count). The highest BCUT2D eigenvalue weighted by Crippen LogP contribution is 2.32. The first-order chi connectivity index (χ1) is 14.6. The minimum absolute atomic E-state index is 0.410. The Morgan fingerprint density at radius 2 is 1.93 bits per heavy atom. The molecule has 154 valence electrons. The Morgan fingerprint density at radius 3 is 2.67 bits per heavy atom. The topological polar surface area (TPSA) is 45.5 Å². The quantitative estimate of drug-likeness (QED) is 0.651. The maximum absolute atomic E-state index is 6.44. The van der Waals surface area contributed by atoms with Crippen molar-refractivity contribution in [1.82, 2.24) is 19.5 Å². The molecule has 1 aliphatic carbocycles. The summed E-state index contributed by atoms with van der Waals surface area (Å²) < 4.78 is 1.81. The molecule has 2 unspecified atom stereocenters. The van der Waals surface area contributed by atoms with Crippen molar-refractivity contribution in [2.45, 2.75) is 51.1 Å². The van der Waals surface area contributed by atoms with Crippen molar-refractivity contribution in [2.75, 3.05) is 18.4 Å². The number of hydrogen-bond acceptors (Lipinski definition) is 4. The first kappa shape index (κ1) is 19.9. The van der Waals surface area contributed by atoms with Gasteiger partial charge in [-0.1, -0.05) is 43.1 Å². The summed E-state index contributed by atoms with van der Waals surface area (Å²) in [5, 5.41) is 8.85. The molecule has 1 aromatic carbocycles. The lowest BCUT2D eigenvalue weighted by Gasteiger charge is -2.38. The van der Waals surface area contributed by atoms with Gasteiger partial charge in [-0.25, -0.2) is 4.98 Å². The van der Waals surface area contributed by atoms with Gasteiger partial charge in [-0.15, -0.1) is 0 Å². The fraction of sp³-hybridized carbons (Fsp3) is 0.478. The molecule has 7 heteroatoms. The highest BCUT2D eigenvalue weighted by atomic mass is 35.5. The molecule has 3 heterocycles. The van der Waals surface area contributed by atoms with Gasteiger partial charge in [0.1, 0.15) is 13.7 Å². The van der Waals surface area contributed by atoms with E-state index in [0.29, 0.717) is 22.2 Å². The molecule has 1 N–H and O–H groups in total. The monoisotopic (exact) mass is 419 g/mol. The molecule has 2 atom stereocenters. The normalized spacial score (nSPS) is 23.3. The second-order valence-corrected chi connectivity index (χ2v) is 9.18. The summed E-state index contributed by atoms with van der Waals surface area (Å²) in [5.41, 5.74) is 2.93. The Bertz CT molecular complexity index is 1040. The number of anilines is 1. The minimum Gasteiger partial charge on any atom is -0.367 e. The van der Waals surface area contributed by atoms with Crippen LogP contribution >= 0.6 is 11.6 Å². The van der Waals surface area contributed by atoms with Crippen LogP contribution in [0.25, 0.3) is 16.9 Å². The van der Waals surface area contributed by atoms with Gasteiger partial charge in [-0.3, -0.25) is 4.90 Å². The molecule has 0 spiro atoms. The molecule has 1 saturated carbocycles. The van der Waals surface area contributed by atoms with Gasteiger partial charge in [0.2, 0.25) is 0 Å². The molecule has 2 aromatic heterocycles. The molecule has 2 fully saturated rings. The fourth-order valence-electron chi connectivity index (χ4n) is 5.14. The predicted octanol–water partition coefficient (Wildman–Crippen LogP) is 3.91. The molecule has 30 heavy (non-hydrogen) atoms. The number of likely N-dealkylation sites (tertiary alicyclic amines) is 1. The number of aromatic nitrogens is 3. The molecule has 1 aliphatic heterocycles. The number of nitrogens with one attached hydrogen (secondary N) is 1. The van der Waals surface area contributed by atoms with E-state index in [0.717, 1.165) is 55.0 Å². The number of nitrogens with zero attached hydrogens (tertiary/aromatic N) is 4. The van der Waals surface area contributed by atoms with E-state index in [1.165, 1.54) is 19.3 Å². The Hall–Kier alpha value is -2.05. The van der Waals surface area contributed by atoms with Crippen LogP contribution in [0.2, 0.25) is 5.02 Å². The van der Waals surface area contributed by atoms with Gasteiger partial charge in [0, 0.05) is 48.0 Å². The van der Waals surface area contributed by atoms with Crippen molar-refractivity contribution >= 4 is 36.4 Å². The van der Waals surface area contributed by atoms with Crippen molar-refractivity contribution < 1.29 is 0 Å². The Kier molecular flexibility index (Phi) is 5.46. The van der Waals surface area contributed by atoms with Crippen LogP contribution in [0.1, 0.15) is 39.0 Å². The maximum Gasteiger partial charge on any atom is 0.150 e. The SMILES string of the molecule is [B]c1cnn2c(NC3CCN(C4CCCC4C)CC3)cc(-c3ccccc3Cl)nc12. The summed E-state index contributed by atoms with van der Waals surface area (Å²) in [6.45, 7) is 4.72. The summed E-state index contributed by atoms with van der Waals surface area (Å²) in [4.78, 5) is 7.44. The summed E-state index contributed by atoms with van der Waals surface area (Å²) in [6, 6.07) is 11.0. The van der Waals surface area contributed by atoms with Crippen molar-refractivity contribution in [2.24, 2.45) is 5.92 Å². The molecule has 2 radical (unpaired) electrons. The minimum atomic E-state index is 0.410. The second-order valence-electron chi connectivity index (χ2n) is 8.77. The number of halogens is 1. The highest BCUT2D eigenvalue weighted by Gasteiger charge is 2.31. The maximum atomic E-state index is 6.44. The van der Waals surface area contributed by atoms with Crippen LogP contribution in [0.15, 0.2) is 36.5 Å². The van der Waals surface area contributed by atoms with E-state index < -0.39 is 0 Å². The lowest BCUT2D eigenvalue weighted by molar-refractivity contribution is 0.133. The van der Waals surface area contributed by atoms with Crippen molar-refractivity contribution in [3.05, 3.63) is 41.6 Å². The van der Waals surface area contributed by atoms with E-state index in [-0.39, 0.29) is 0 Å². The van der Waals surface area contributed by atoms with Crippen LogP contribution in [0.4, 0.5) is 5.82 Å². The Balaban J connectivity index is 1.39. The molecular formula is C23H27BClN5. The molecule has 0 amide bonds. The smallest absolute Gasteiger partial charge is 0.150 e. The molecule has 3 aromatic rings. The van der Waals surface area contributed by atoms with Gasteiger partial charge in [-0.05, 0) is 43.1 Å². The van der Waals surface area contributed by atoms with Crippen LogP contribution in [0.5, 0.6) is 0 Å². The number of rotatable bonds is 4. The van der Waals surface area contributed by atoms with Gasteiger partial charge in [0.15, 0.2) is 5.65 Å². The van der Waals surface area contributed by atoms with Gasteiger partial charge in [0.05, 0.1) is 5.69 Å². The predicted molar refractivity (Wildman–Crippen MR) is 124 cm³/mol. The Labute approximate surface area is 184 Å². The first-order valence-corrected chi connectivity index (χ1v) is 11.4. The molecular weight excluding hydrogens is 393 g/mol. The highest BCUT2D eigenvalue weighted by molar-refractivity contribution is 6.36. The van der Waals surface area contributed by atoms with E-state index in [2.05, 4.69) is 22.2 Å². The number of hydrogen-bond donors (Lipinski definition) is 1. The van der Waals surface area contributed by atoms with Gasteiger partial charge < -0.3 is 5.32 Å². The lowest BCUT2D eigenvalue weighted by atomic mass is 9.98. The zero-order chi connectivity index (χ0) is 20.7. The largest absolute Gasteiger partial charge is 0.367 e. The van der Waals surface area contributed by atoms with Gasteiger partial charge in [-0.2, -0.15) is 9.61 Å². The zero-order valence-corrected chi connectivity index (χ0v) is 18.1. The average molecular weight is 420 g/mol. The second kappa shape index (κ2) is 8.24. The van der Waals surface area contributed by atoms with Crippen molar-refractivity contribution in [3.8, 4) is 11.3 Å². The lowest BCUT2D eigenvalue weighted by Crippen LogP contribution is -2.45. The zero-order valence-electron chi connectivity index (χ0n) is 17.4. The van der Waals surface area contributed by atoms with E-state index in [9.17, 15) is 0 Å². The number of benzene rings is 1. The standard InChI is InChI=1S/C23H27BClN5/c1-15-5-4-8-21(15)29-11-9-16(10-12-29)27-22-13-20(17-6-2-3-7-19(17)25)28-23-18(24)14-26-30(22)23/h2-3,6-7,13-16,21,27H,4-5,8-12H2,1H3. The van der Waals surface area contributed by atoms with Gasteiger partial charge in [0.25, 0.3) is 0 Å². The van der Waals surface area contributed by atoms with Crippen LogP contribution < -0.4 is 10.8 Å². The van der Waals surface area contributed by atoms with Crippen LogP contribution in [0, 0.1) is 5.92 Å². The average Bonchev–Trinajstić information content (AvgIpc) is 3.35. The molecule has 2 aliphatic rings. The van der Waals surface area contributed by atoms with Crippen molar-refractivity contribution in [1.29, 1.82) is 0 Å². The Morgan fingerprint density at radius 1 is 1.13 bits per heavy atom. The van der Waals surface area contributed by atoms with Gasteiger partial charge >= 0.3 is 0 Å². The van der Waals surface area contributed by atoms with E-state index in [1.54, 1.807) is 10.7 Å². The number of fused-ring (bicyclic) bond motifs is 1. The van der Waals surface area contributed by atoms with Crippen LogP contribution in [0.3, 0.4) is 0 Å². The summed E-state index contributed by atoms with van der Waals surface area (Å²) in [7, 11) is 6.15. The van der Waals surface area contributed by atoms with E-state index >= 15 is 0 Å². The summed E-state index contributed by atoms with van der Waals surface area (Å²) in [6.07, 6.45) is 8.04. The summed E-state index contributed by atoms with van der Waals surface area (Å²) in [5.74, 6) is 1.75. The molecule has 5 nitrogen and oxygen atoms in total. The third kappa shape index (κ3) is 3.72. The summed E-state index contributed by atoms with van der Waals surface area (Å²) >= 11 is 6.44. The van der Waals surface area contributed by atoms with E-state index in [4.69, 9.17) is 24.4 Å². The fourth-order valence-corrected chi connectivity index (χ4v) is 5.38. The van der Waals surface area contributed by atoms with Crippen LogP contribution in [-0.4, -0.2) is 52.5 Å². The third-order valence-electron chi connectivity index (χ3n) is 6.82. The van der Waals surface area contributed by atoms with Crippen LogP contribution in [-0.2, 0) is 0 Å². The van der Waals surface area contributed by atoms with Crippen molar-refractivity contribution in [3.63, 3.8) is 0 Å². The third-order valence-corrected chi connectivity index (χ3v) is 7.15.